The molecule has 0 radical (unpaired) electrons. The molecule has 0 saturated heterocycles. The zero-order chi connectivity index (χ0) is 13.9. The Labute approximate surface area is 112 Å². The van der Waals surface area contributed by atoms with Crippen molar-refractivity contribution < 1.29 is 9.26 Å². The zero-order valence-corrected chi connectivity index (χ0v) is 11.5. The van der Waals surface area contributed by atoms with Gasteiger partial charge in [-0.1, -0.05) is 24.2 Å². The Hall–Kier alpha value is -1.72. The minimum atomic E-state index is -0.521. The molecule has 19 heavy (non-hydrogen) atoms. The highest BCUT2D eigenvalue weighted by molar-refractivity contribution is 5.54. The van der Waals surface area contributed by atoms with Crippen LogP contribution in [-0.2, 0) is 16.9 Å². The van der Waals surface area contributed by atoms with Crippen LogP contribution >= 0.6 is 0 Å². The number of hydrogen-bond donors (Lipinski definition) is 1. The van der Waals surface area contributed by atoms with Gasteiger partial charge in [-0.2, -0.15) is 4.98 Å². The Kier molecular flexibility index (Phi) is 3.97. The SMILES string of the molecule is CCC(C)(OC)c1noc(-c2cccc(CN)c2)n1. The summed E-state index contributed by atoms with van der Waals surface area (Å²) >= 11 is 0. The summed E-state index contributed by atoms with van der Waals surface area (Å²) in [4.78, 5) is 4.43. The van der Waals surface area contributed by atoms with E-state index in [1.54, 1.807) is 7.11 Å². The number of benzene rings is 1. The van der Waals surface area contributed by atoms with Gasteiger partial charge in [0.2, 0.25) is 5.82 Å². The lowest BCUT2D eigenvalue weighted by Gasteiger charge is -2.21. The minimum Gasteiger partial charge on any atom is -0.370 e. The Morgan fingerprint density at radius 3 is 2.84 bits per heavy atom. The van der Waals surface area contributed by atoms with E-state index in [4.69, 9.17) is 15.0 Å². The molecular weight excluding hydrogens is 242 g/mol. The number of nitrogens with two attached hydrogens (primary N) is 1. The van der Waals surface area contributed by atoms with E-state index in [1.807, 2.05) is 38.1 Å². The molecule has 0 aliphatic heterocycles. The first kappa shape index (κ1) is 13.7. The van der Waals surface area contributed by atoms with Gasteiger partial charge in [0.1, 0.15) is 5.60 Å². The van der Waals surface area contributed by atoms with Crippen LogP contribution in [0.15, 0.2) is 28.8 Å². The summed E-state index contributed by atoms with van der Waals surface area (Å²) in [7, 11) is 1.65. The maximum absolute atomic E-state index is 5.63. The monoisotopic (exact) mass is 261 g/mol. The lowest BCUT2D eigenvalue weighted by atomic mass is 10.0. The molecule has 1 atom stereocenters. The van der Waals surface area contributed by atoms with Gasteiger partial charge in [0.25, 0.3) is 5.89 Å². The summed E-state index contributed by atoms with van der Waals surface area (Å²) < 4.78 is 10.8. The van der Waals surface area contributed by atoms with Crippen LogP contribution in [0.3, 0.4) is 0 Å². The molecule has 0 amide bonds. The normalized spacial score (nSPS) is 14.3. The number of hydrogen-bond acceptors (Lipinski definition) is 5. The van der Waals surface area contributed by atoms with Crippen LogP contribution in [0.1, 0.15) is 31.7 Å². The molecule has 0 fully saturated rings. The second-order valence-electron chi connectivity index (χ2n) is 4.62. The molecule has 5 heteroatoms. The number of nitrogens with zero attached hydrogens (tertiary/aromatic N) is 2. The average molecular weight is 261 g/mol. The van der Waals surface area contributed by atoms with Crippen LogP contribution in [-0.4, -0.2) is 17.3 Å². The van der Waals surface area contributed by atoms with E-state index in [1.165, 1.54) is 0 Å². The molecule has 1 aromatic heterocycles. The Morgan fingerprint density at radius 2 is 2.21 bits per heavy atom. The Morgan fingerprint density at radius 1 is 1.42 bits per heavy atom. The number of ether oxygens (including phenoxy) is 1. The third kappa shape index (κ3) is 2.67. The maximum atomic E-state index is 5.63. The first-order chi connectivity index (χ1) is 9.12. The van der Waals surface area contributed by atoms with Crippen molar-refractivity contribution in [3.63, 3.8) is 0 Å². The molecule has 1 unspecified atom stereocenters. The molecule has 0 aliphatic rings. The van der Waals surface area contributed by atoms with Crippen LogP contribution in [0, 0.1) is 0 Å². The molecule has 0 spiro atoms. The highest BCUT2D eigenvalue weighted by atomic mass is 16.5. The van der Waals surface area contributed by atoms with Crippen LogP contribution in [0.4, 0.5) is 0 Å². The van der Waals surface area contributed by atoms with E-state index >= 15 is 0 Å². The molecule has 1 heterocycles. The average Bonchev–Trinajstić information content (AvgIpc) is 2.97. The van der Waals surface area contributed by atoms with Crippen molar-refractivity contribution in [1.82, 2.24) is 10.1 Å². The first-order valence-electron chi connectivity index (χ1n) is 6.31. The maximum Gasteiger partial charge on any atom is 0.258 e. The van der Waals surface area contributed by atoms with E-state index < -0.39 is 5.60 Å². The highest BCUT2D eigenvalue weighted by Crippen LogP contribution is 2.28. The lowest BCUT2D eigenvalue weighted by Crippen LogP contribution is -2.24. The molecule has 2 N–H and O–H groups in total. The fourth-order valence-corrected chi connectivity index (χ4v) is 1.78. The highest BCUT2D eigenvalue weighted by Gasteiger charge is 2.30. The van der Waals surface area contributed by atoms with Gasteiger partial charge in [-0.25, -0.2) is 0 Å². The molecule has 0 bridgehead atoms. The van der Waals surface area contributed by atoms with Crippen molar-refractivity contribution in [2.24, 2.45) is 5.73 Å². The van der Waals surface area contributed by atoms with Crippen LogP contribution in [0.25, 0.3) is 11.5 Å². The largest absolute Gasteiger partial charge is 0.370 e. The van der Waals surface area contributed by atoms with Gasteiger partial charge >= 0.3 is 0 Å². The van der Waals surface area contributed by atoms with Crippen molar-refractivity contribution in [2.45, 2.75) is 32.4 Å². The van der Waals surface area contributed by atoms with Crippen molar-refractivity contribution in [1.29, 1.82) is 0 Å². The predicted molar refractivity (Wildman–Crippen MR) is 72.3 cm³/mol. The summed E-state index contributed by atoms with van der Waals surface area (Å²) in [5, 5.41) is 4.02. The quantitative estimate of drug-likeness (QED) is 0.895. The van der Waals surface area contributed by atoms with Gasteiger partial charge in [0, 0.05) is 19.2 Å². The van der Waals surface area contributed by atoms with Crippen molar-refractivity contribution in [3.8, 4) is 11.5 Å². The smallest absolute Gasteiger partial charge is 0.258 e. The van der Waals surface area contributed by atoms with E-state index in [0.29, 0.717) is 18.3 Å². The molecule has 2 rings (SSSR count). The summed E-state index contributed by atoms with van der Waals surface area (Å²) in [6.45, 7) is 4.45. The van der Waals surface area contributed by atoms with E-state index in [-0.39, 0.29) is 0 Å². The topological polar surface area (TPSA) is 74.2 Å². The summed E-state index contributed by atoms with van der Waals surface area (Å²) in [5.41, 5.74) is 7.01. The number of aromatic nitrogens is 2. The molecular formula is C14H19N3O2. The molecule has 1 aromatic carbocycles. The van der Waals surface area contributed by atoms with Gasteiger partial charge in [-0.05, 0) is 31.0 Å². The van der Waals surface area contributed by atoms with Gasteiger partial charge < -0.3 is 15.0 Å². The van der Waals surface area contributed by atoms with Crippen LogP contribution in [0.2, 0.25) is 0 Å². The summed E-state index contributed by atoms with van der Waals surface area (Å²) in [5.74, 6) is 1.05. The Balaban J connectivity index is 2.35. The summed E-state index contributed by atoms with van der Waals surface area (Å²) in [6.07, 6.45) is 0.769. The second-order valence-corrected chi connectivity index (χ2v) is 4.62. The molecule has 5 nitrogen and oxygen atoms in total. The van der Waals surface area contributed by atoms with E-state index in [0.717, 1.165) is 17.5 Å². The van der Waals surface area contributed by atoms with E-state index in [2.05, 4.69) is 10.1 Å². The Bertz CT molecular complexity index is 547. The predicted octanol–water partition coefficient (Wildman–Crippen LogP) is 2.47. The summed E-state index contributed by atoms with van der Waals surface area (Å²) in [6, 6.07) is 7.77. The fraction of sp³-hybridized carbons (Fsp3) is 0.429. The minimum absolute atomic E-state index is 0.486. The van der Waals surface area contributed by atoms with Crippen LogP contribution in [0.5, 0.6) is 0 Å². The number of rotatable bonds is 5. The van der Waals surface area contributed by atoms with Gasteiger partial charge in [-0.3, -0.25) is 0 Å². The second kappa shape index (κ2) is 5.50. The molecule has 0 saturated carbocycles. The van der Waals surface area contributed by atoms with Gasteiger partial charge in [-0.15, -0.1) is 0 Å². The van der Waals surface area contributed by atoms with E-state index in [9.17, 15) is 0 Å². The standard InChI is InChI=1S/C14H19N3O2/c1-4-14(2,18-3)13-16-12(19-17-13)11-7-5-6-10(8-11)9-15/h5-8H,4,9,15H2,1-3H3. The molecule has 2 aromatic rings. The van der Waals surface area contributed by atoms with Gasteiger partial charge in [0.05, 0.1) is 0 Å². The van der Waals surface area contributed by atoms with Crippen molar-refractivity contribution >= 4 is 0 Å². The van der Waals surface area contributed by atoms with Gasteiger partial charge in [0.15, 0.2) is 0 Å². The lowest BCUT2D eigenvalue weighted by molar-refractivity contribution is -0.0106. The fourth-order valence-electron chi connectivity index (χ4n) is 1.78. The van der Waals surface area contributed by atoms with Crippen molar-refractivity contribution in [2.75, 3.05) is 7.11 Å². The third-order valence-electron chi connectivity index (χ3n) is 3.43. The first-order valence-corrected chi connectivity index (χ1v) is 6.31. The molecule has 102 valence electrons. The third-order valence-corrected chi connectivity index (χ3v) is 3.43. The number of methoxy groups -OCH3 is 1. The van der Waals surface area contributed by atoms with Crippen LogP contribution < -0.4 is 5.73 Å². The van der Waals surface area contributed by atoms with Crippen molar-refractivity contribution in [3.05, 3.63) is 35.7 Å². The molecule has 0 aliphatic carbocycles. The zero-order valence-electron chi connectivity index (χ0n) is 11.5.